The molecule has 4 aromatic rings. The van der Waals surface area contributed by atoms with Gasteiger partial charge in [-0.25, -0.2) is 18.7 Å². The SMILES string of the molecule is CCCc1nccc2c1-n1c(=O)nc(C)c3cc(C)c(nc31)-c1c(F)cccc1OCC2. The Kier molecular flexibility index (Phi) is 4.96. The second-order valence-electron chi connectivity index (χ2n) is 8.07. The lowest BCUT2D eigenvalue weighted by atomic mass is 10.0. The standard InChI is InChI=1S/C25H23FN4O2/c1-4-6-19-23-16(9-11-27-19)10-12-32-20-8-5-7-18(26)21(20)22-14(2)13-17-15(3)28-25(31)30(23)24(17)29-22/h5,7-9,11,13H,4,6,10,12H2,1-3H3. The molecule has 0 radical (unpaired) electrons. The van der Waals surface area contributed by atoms with Crippen molar-refractivity contribution in [2.75, 3.05) is 6.61 Å². The Morgan fingerprint density at radius 1 is 1.19 bits per heavy atom. The van der Waals surface area contributed by atoms with E-state index in [9.17, 15) is 4.79 Å². The number of pyridine rings is 2. The third-order valence-electron chi connectivity index (χ3n) is 5.88. The van der Waals surface area contributed by atoms with Gasteiger partial charge in [-0.05, 0) is 55.7 Å². The predicted octanol–water partition coefficient (Wildman–Crippen LogP) is 4.49. The summed E-state index contributed by atoms with van der Waals surface area (Å²) in [5, 5.41) is 0.751. The number of hydrogen-bond acceptors (Lipinski definition) is 5. The third-order valence-corrected chi connectivity index (χ3v) is 5.88. The van der Waals surface area contributed by atoms with Gasteiger partial charge in [0.15, 0.2) is 5.65 Å². The highest BCUT2D eigenvalue weighted by atomic mass is 19.1. The van der Waals surface area contributed by atoms with Gasteiger partial charge in [0.1, 0.15) is 11.6 Å². The minimum Gasteiger partial charge on any atom is -0.492 e. The summed E-state index contributed by atoms with van der Waals surface area (Å²) >= 11 is 0. The van der Waals surface area contributed by atoms with Crippen molar-refractivity contribution in [3.8, 4) is 22.7 Å². The topological polar surface area (TPSA) is 69.9 Å². The minimum absolute atomic E-state index is 0.304. The first-order valence-electron chi connectivity index (χ1n) is 10.8. The smallest absolute Gasteiger partial charge is 0.354 e. The Morgan fingerprint density at radius 3 is 2.84 bits per heavy atom. The molecule has 0 fully saturated rings. The summed E-state index contributed by atoms with van der Waals surface area (Å²) in [6.07, 6.45) is 3.87. The number of halogens is 1. The molecule has 32 heavy (non-hydrogen) atoms. The van der Waals surface area contributed by atoms with Crippen molar-refractivity contribution in [1.82, 2.24) is 19.5 Å². The average Bonchev–Trinajstić information content (AvgIpc) is 2.78. The van der Waals surface area contributed by atoms with Crippen LogP contribution in [0.15, 0.2) is 41.3 Å². The molecule has 7 heteroatoms. The van der Waals surface area contributed by atoms with E-state index in [1.54, 1.807) is 29.8 Å². The van der Waals surface area contributed by atoms with Crippen molar-refractivity contribution in [1.29, 1.82) is 0 Å². The van der Waals surface area contributed by atoms with Gasteiger partial charge in [0, 0.05) is 18.0 Å². The van der Waals surface area contributed by atoms with Gasteiger partial charge in [-0.1, -0.05) is 19.4 Å². The van der Waals surface area contributed by atoms with Crippen LogP contribution in [-0.4, -0.2) is 26.1 Å². The lowest BCUT2D eigenvalue weighted by Crippen LogP contribution is -2.26. The quantitative estimate of drug-likeness (QED) is 0.469. The molecule has 1 aliphatic rings. The van der Waals surface area contributed by atoms with Crippen molar-refractivity contribution in [3.05, 3.63) is 75.3 Å². The third kappa shape index (κ3) is 3.16. The van der Waals surface area contributed by atoms with Crippen molar-refractivity contribution in [3.63, 3.8) is 0 Å². The number of aryl methyl sites for hydroxylation is 3. The van der Waals surface area contributed by atoms with Crippen LogP contribution in [0.1, 0.15) is 35.9 Å². The van der Waals surface area contributed by atoms with Crippen molar-refractivity contribution < 1.29 is 9.13 Å². The Bertz CT molecular complexity index is 1430. The normalized spacial score (nSPS) is 12.8. The highest BCUT2D eigenvalue weighted by Gasteiger charge is 2.23. The molecule has 2 bridgehead atoms. The summed E-state index contributed by atoms with van der Waals surface area (Å²) < 4.78 is 22.6. The van der Waals surface area contributed by atoms with E-state index in [0.717, 1.165) is 28.6 Å². The van der Waals surface area contributed by atoms with Crippen LogP contribution in [0.25, 0.3) is 28.0 Å². The molecule has 0 N–H and O–H groups in total. The Labute approximate surface area is 184 Å². The maximum absolute atomic E-state index is 15.0. The molecule has 4 heterocycles. The number of nitrogens with zero attached hydrogens (tertiary/aromatic N) is 4. The summed E-state index contributed by atoms with van der Waals surface area (Å²) in [5.74, 6) is 0.0214. The van der Waals surface area contributed by atoms with E-state index in [4.69, 9.17) is 9.72 Å². The second kappa shape index (κ2) is 7.82. The molecule has 1 aromatic carbocycles. The number of benzene rings is 1. The van der Waals surface area contributed by atoms with Crippen LogP contribution in [0.4, 0.5) is 4.39 Å². The zero-order chi connectivity index (χ0) is 22.4. The molecule has 3 aromatic heterocycles. The van der Waals surface area contributed by atoms with Crippen LogP contribution in [0, 0.1) is 19.7 Å². The zero-order valence-corrected chi connectivity index (χ0v) is 18.3. The lowest BCUT2D eigenvalue weighted by Gasteiger charge is -2.18. The molecule has 0 saturated heterocycles. The lowest BCUT2D eigenvalue weighted by molar-refractivity contribution is 0.321. The first-order valence-corrected chi connectivity index (χ1v) is 10.8. The summed E-state index contributed by atoms with van der Waals surface area (Å²) in [6.45, 7) is 6.07. The molecule has 0 spiro atoms. The van der Waals surface area contributed by atoms with Gasteiger partial charge in [-0.2, -0.15) is 4.98 Å². The van der Waals surface area contributed by atoms with E-state index in [0.29, 0.717) is 53.5 Å². The predicted molar refractivity (Wildman–Crippen MR) is 121 cm³/mol. The van der Waals surface area contributed by atoms with E-state index >= 15 is 4.39 Å². The zero-order valence-electron chi connectivity index (χ0n) is 18.3. The molecule has 0 atom stereocenters. The highest BCUT2D eigenvalue weighted by Crippen LogP contribution is 2.36. The molecular weight excluding hydrogens is 407 g/mol. The van der Waals surface area contributed by atoms with Crippen molar-refractivity contribution >= 4 is 11.0 Å². The fourth-order valence-corrected chi connectivity index (χ4v) is 4.40. The molecule has 5 rings (SSSR count). The number of rotatable bonds is 2. The second-order valence-corrected chi connectivity index (χ2v) is 8.07. The molecule has 0 saturated carbocycles. The first kappa shape index (κ1) is 20.3. The average molecular weight is 430 g/mol. The van der Waals surface area contributed by atoms with E-state index in [1.165, 1.54) is 6.07 Å². The summed E-state index contributed by atoms with van der Waals surface area (Å²) in [5.41, 5.74) is 4.59. The Hall–Kier alpha value is -3.61. The monoisotopic (exact) mass is 430 g/mol. The van der Waals surface area contributed by atoms with Crippen LogP contribution < -0.4 is 10.4 Å². The fraction of sp³-hybridized carbons (Fsp3) is 0.280. The van der Waals surface area contributed by atoms with Crippen LogP contribution in [-0.2, 0) is 12.8 Å². The molecule has 0 unspecified atom stereocenters. The van der Waals surface area contributed by atoms with Gasteiger partial charge < -0.3 is 4.74 Å². The van der Waals surface area contributed by atoms with Crippen LogP contribution >= 0.6 is 0 Å². The molecule has 0 aliphatic carbocycles. The molecule has 0 amide bonds. The number of fused-ring (bicyclic) bond motifs is 5. The van der Waals surface area contributed by atoms with Gasteiger partial charge in [0.2, 0.25) is 0 Å². The Balaban J connectivity index is 1.97. The van der Waals surface area contributed by atoms with Crippen LogP contribution in [0.5, 0.6) is 5.75 Å². The van der Waals surface area contributed by atoms with Gasteiger partial charge in [-0.3, -0.25) is 4.98 Å². The first-order chi connectivity index (χ1) is 15.5. The molecule has 6 nitrogen and oxygen atoms in total. The highest BCUT2D eigenvalue weighted by molar-refractivity contribution is 5.85. The molecular formula is C25H23FN4O2. The van der Waals surface area contributed by atoms with E-state index < -0.39 is 11.5 Å². The van der Waals surface area contributed by atoms with Gasteiger partial charge in [0.05, 0.1) is 34.9 Å². The van der Waals surface area contributed by atoms with Crippen LogP contribution in [0.2, 0.25) is 0 Å². The van der Waals surface area contributed by atoms with Crippen molar-refractivity contribution in [2.45, 2.75) is 40.0 Å². The van der Waals surface area contributed by atoms with E-state index in [1.807, 2.05) is 19.1 Å². The van der Waals surface area contributed by atoms with Crippen molar-refractivity contribution in [2.24, 2.45) is 0 Å². The largest absolute Gasteiger partial charge is 0.492 e. The van der Waals surface area contributed by atoms with E-state index in [-0.39, 0.29) is 0 Å². The van der Waals surface area contributed by atoms with Crippen LogP contribution in [0.3, 0.4) is 0 Å². The fourth-order valence-electron chi connectivity index (χ4n) is 4.40. The minimum atomic E-state index is -0.419. The maximum Gasteiger partial charge on any atom is 0.354 e. The molecule has 1 aliphatic heterocycles. The number of ether oxygens (including phenoxy) is 1. The van der Waals surface area contributed by atoms with E-state index in [2.05, 4.69) is 16.9 Å². The number of hydrogen-bond donors (Lipinski definition) is 0. The summed E-state index contributed by atoms with van der Waals surface area (Å²) in [4.78, 5) is 27.0. The number of aromatic nitrogens is 4. The maximum atomic E-state index is 15.0. The van der Waals surface area contributed by atoms with Gasteiger partial charge in [-0.15, -0.1) is 0 Å². The molecule has 162 valence electrons. The summed E-state index contributed by atoms with van der Waals surface area (Å²) in [6, 6.07) is 8.60. The summed E-state index contributed by atoms with van der Waals surface area (Å²) in [7, 11) is 0. The van der Waals surface area contributed by atoms with Gasteiger partial charge in [0.25, 0.3) is 0 Å². The van der Waals surface area contributed by atoms with Gasteiger partial charge >= 0.3 is 5.69 Å². The Morgan fingerprint density at radius 2 is 2.03 bits per heavy atom.